The van der Waals surface area contributed by atoms with E-state index < -0.39 is 5.97 Å². The third-order valence-corrected chi connectivity index (χ3v) is 4.69. The standard InChI is InChI=1S/C19H22N4O3/c1-12-14(8-9-17(24)22(3)11-10-18(25)26)13(2)23-19(20-12)15-6-4-5-7-16(15)21-23/h4-7H,8-11H2,1-3H3,(H,25,26). The summed E-state index contributed by atoms with van der Waals surface area (Å²) in [6.45, 7) is 4.15. The van der Waals surface area contributed by atoms with Crippen LogP contribution in [0.5, 0.6) is 0 Å². The molecule has 0 aliphatic heterocycles. The fourth-order valence-corrected chi connectivity index (χ4v) is 3.15. The molecule has 0 spiro atoms. The predicted molar refractivity (Wildman–Crippen MR) is 98.2 cm³/mol. The van der Waals surface area contributed by atoms with Crippen LogP contribution in [0.1, 0.15) is 29.8 Å². The van der Waals surface area contributed by atoms with E-state index in [4.69, 9.17) is 10.1 Å². The van der Waals surface area contributed by atoms with E-state index in [1.54, 1.807) is 7.05 Å². The van der Waals surface area contributed by atoms with E-state index in [9.17, 15) is 9.59 Å². The summed E-state index contributed by atoms with van der Waals surface area (Å²) in [5.74, 6) is -0.979. The second kappa shape index (κ2) is 7.11. The molecule has 0 aliphatic carbocycles. The number of aromatic nitrogens is 3. The lowest BCUT2D eigenvalue weighted by Gasteiger charge is -2.17. The topological polar surface area (TPSA) is 87.8 Å². The van der Waals surface area contributed by atoms with Crippen molar-refractivity contribution in [1.29, 1.82) is 0 Å². The second-order valence-corrected chi connectivity index (χ2v) is 6.47. The summed E-state index contributed by atoms with van der Waals surface area (Å²) in [5, 5.41) is 14.4. The average molecular weight is 354 g/mol. The van der Waals surface area contributed by atoms with Crippen LogP contribution in [0.2, 0.25) is 0 Å². The highest BCUT2D eigenvalue weighted by atomic mass is 16.4. The van der Waals surface area contributed by atoms with Crippen LogP contribution in [-0.4, -0.2) is 50.1 Å². The largest absolute Gasteiger partial charge is 0.481 e. The molecule has 0 unspecified atom stereocenters. The highest BCUT2D eigenvalue weighted by Crippen LogP contribution is 2.23. The van der Waals surface area contributed by atoms with Crippen molar-refractivity contribution in [1.82, 2.24) is 19.5 Å². The van der Waals surface area contributed by atoms with Crippen molar-refractivity contribution in [2.45, 2.75) is 33.1 Å². The molecule has 0 atom stereocenters. The van der Waals surface area contributed by atoms with Gasteiger partial charge in [0.2, 0.25) is 5.91 Å². The van der Waals surface area contributed by atoms with Gasteiger partial charge in [-0.05, 0) is 38.0 Å². The number of amides is 1. The highest BCUT2D eigenvalue weighted by Gasteiger charge is 2.16. The fourth-order valence-electron chi connectivity index (χ4n) is 3.15. The molecule has 136 valence electrons. The number of carboxylic acids is 1. The molecular weight excluding hydrogens is 332 g/mol. The Hall–Kier alpha value is -2.96. The van der Waals surface area contributed by atoms with Gasteiger partial charge in [0.1, 0.15) is 0 Å². The quantitative estimate of drug-likeness (QED) is 0.734. The molecule has 0 saturated carbocycles. The molecule has 3 aromatic rings. The van der Waals surface area contributed by atoms with Crippen LogP contribution in [0.3, 0.4) is 0 Å². The molecule has 0 saturated heterocycles. The smallest absolute Gasteiger partial charge is 0.305 e. The van der Waals surface area contributed by atoms with Gasteiger partial charge in [0, 0.05) is 36.8 Å². The number of carboxylic acid groups (broad SMARTS) is 1. The van der Waals surface area contributed by atoms with Crippen molar-refractivity contribution >= 4 is 28.4 Å². The fraction of sp³-hybridized carbons (Fsp3) is 0.368. The van der Waals surface area contributed by atoms with E-state index in [-0.39, 0.29) is 18.9 Å². The van der Waals surface area contributed by atoms with Crippen molar-refractivity contribution in [2.24, 2.45) is 0 Å². The lowest BCUT2D eigenvalue weighted by molar-refractivity contribution is -0.138. The molecule has 2 heterocycles. The van der Waals surface area contributed by atoms with Crippen molar-refractivity contribution in [3.63, 3.8) is 0 Å². The zero-order chi connectivity index (χ0) is 18.8. The van der Waals surface area contributed by atoms with Crippen molar-refractivity contribution in [2.75, 3.05) is 13.6 Å². The Morgan fingerprint density at radius 2 is 1.92 bits per heavy atom. The summed E-state index contributed by atoms with van der Waals surface area (Å²) in [6, 6.07) is 7.88. The van der Waals surface area contributed by atoms with Crippen LogP contribution in [0.4, 0.5) is 0 Å². The molecule has 1 aromatic carbocycles. The van der Waals surface area contributed by atoms with Gasteiger partial charge in [-0.15, -0.1) is 0 Å². The highest BCUT2D eigenvalue weighted by molar-refractivity contribution is 5.92. The van der Waals surface area contributed by atoms with Crippen LogP contribution in [0.15, 0.2) is 24.3 Å². The normalized spacial score (nSPS) is 11.2. The summed E-state index contributed by atoms with van der Waals surface area (Å²) in [7, 11) is 1.63. The minimum absolute atomic E-state index is 0.0479. The first-order chi connectivity index (χ1) is 12.4. The van der Waals surface area contributed by atoms with Gasteiger partial charge in [0.25, 0.3) is 0 Å². The number of fused-ring (bicyclic) bond motifs is 3. The van der Waals surface area contributed by atoms with Crippen molar-refractivity contribution in [3.8, 4) is 0 Å². The first kappa shape index (κ1) is 17.8. The van der Waals surface area contributed by atoms with Crippen molar-refractivity contribution in [3.05, 3.63) is 41.2 Å². The molecule has 1 N–H and O–H groups in total. The van der Waals surface area contributed by atoms with Crippen LogP contribution in [0.25, 0.3) is 16.6 Å². The maximum atomic E-state index is 12.2. The van der Waals surface area contributed by atoms with Crippen LogP contribution in [0, 0.1) is 13.8 Å². The number of hydrogen-bond acceptors (Lipinski definition) is 4. The Bertz CT molecular complexity index is 993. The van der Waals surface area contributed by atoms with Gasteiger partial charge < -0.3 is 10.0 Å². The lowest BCUT2D eigenvalue weighted by atomic mass is 10.1. The summed E-state index contributed by atoms with van der Waals surface area (Å²) in [4.78, 5) is 29.1. The third-order valence-electron chi connectivity index (χ3n) is 4.69. The molecule has 1 amide bonds. The SMILES string of the molecule is Cc1nc2c3ccccc3nn2c(C)c1CCC(=O)N(C)CCC(=O)O. The monoisotopic (exact) mass is 354 g/mol. The third kappa shape index (κ3) is 3.37. The van der Waals surface area contributed by atoms with Gasteiger partial charge in [-0.2, -0.15) is 5.10 Å². The van der Waals surface area contributed by atoms with E-state index in [1.807, 2.05) is 42.6 Å². The Balaban J connectivity index is 1.83. The maximum absolute atomic E-state index is 12.2. The number of aliphatic carboxylic acids is 1. The minimum atomic E-state index is -0.906. The van der Waals surface area contributed by atoms with Crippen LogP contribution in [-0.2, 0) is 16.0 Å². The van der Waals surface area contributed by atoms with E-state index in [0.29, 0.717) is 12.8 Å². The van der Waals surface area contributed by atoms with Gasteiger partial charge in [-0.25, -0.2) is 9.50 Å². The number of aryl methyl sites for hydroxylation is 2. The number of rotatable bonds is 6. The predicted octanol–water partition coefficient (Wildman–Crippen LogP) is 2.37. The van der Waals surface area contributed by atoms with E-state index in [1.165, 1.54) is 4.90 Å². The first-order valence-electron chi connectivity index (χ1n) is 8.57. The molecule has 7 nitrogen and oxygen atoms in total. The Kier molecular flexibility index (Phi) is 4.88. The molecule has 0 fully saturated rings. The number of benzene rings is 1. The summed E-state index contributed by atoms with van der Waals surface area (Å²) in [6.07, 6.45) is 0.812. The molecular formula is C19H22N4O3. The maximum Gasteiger partial charge on any atom is 0.305 e. The molecule has 0 radical (unpaired) electrons. The van der Waals surface area contributed by atoms with Crippen LogP contribution >= 0.6 is 0 Å². The summed E-state index contributed by atoms with van der Waals surface area (Å²) < 4.78 is 1.84. The van der Waals surface area contributed by atoms with Gasteiger partial charge in [0.15, 0.2) is 5.65 Å². The van der Waals surface area contributed by atoms with Gasteiger partial charge in [-0.1, -0.05) is 12.1 Å². The zero-order valence-corrected chi connectivity index (χ0v) is 15.2. The number of carbonyl (C=O) groups is 2. The zero-order valence-electron chi connectivity index (χ0n) is 15.2. The van der Waals surface area contributed by atoms with Gasteiger partial charge in [0.05, 0.1) is 11.9 Å². The molecule has 3 rings (SSSR count). The van der Waals surface area contributed by atoms with Gasteiger partial charge >= 0.3 is 5.97 Å². The van der Waals surface area contributed by atoms with E-state index in [2.05, 4.69) is 5.10 Å². The lowest BCUT2D eigenvalue weighted by Crippen LogP contribution is -2.29. The van der Waals surface area contributed by atoms with E-state index >= 15 is 0 Å². The Morgan fingerprint density at radius 1 is 1.19 bits per heavy atom. The number of nitrogens with zero attached hydrogens (tertiary/aromatic N) is 4. The Morgan fingerprint density at radius 3 is 2.65 bits per heavy atom. The van der Waals surface area contributed by atoms with Crippen molar-refractivity contribution < 1.29 is 14.7 Å². The second-order valence-electron chi connectivity index (χ2n) is 6.47. The van der Waals surface area contributed by atoms with E-state index in [0.717, 1.165) is 33.5 Å². The molecule has 2 aromatic heterocycles. The minimum Gasteiger partial charge on any atom is -0.481 e. The molecule has 0 aliphatic rings. The molecule has 0 bridgehead atoms. The summed E-state index contributed by atoms with van der Waals surface area (Å²) in [5.41, 5.74) is 4.59. The molecule has 26 heavy (non-hydrogen) atoms. The summed E-state index contributed by atoms with van der Waals surface area (Å²) >= 11 is 0. The van der Waals surface area contributed by atoms with Crippen LogP contribution < -0.4 is 0 Å². The Labute approximate surface area is 151 Å². The first-order valence-corrected chi connectivity index (χ1v) is 8.57. The number of carbonyl (C=O) groups excluding carboxylic acids is 1. The number of hydrogen-bond donors (Lipinski definition) is 1. The average Bonchev–Trinajstić information content (AvgIpc) is 2.98. The molecule has 7 heteroatoms. The van der Waals surface area contributed by atoms with Gasteiger partial charge in [-0.3, -0.25) is 9.59 Å².